The highest BCUT2D eigenvalue weighted by Gasteiger charge is 2.34. The highest BCUT2D eigenvalue weighted by Crippen LogP contribution is 2.32. The topological polar surface area (TPSA) is 33.1 Å². The van der Waals surface area contributed by atoms with Crippen LogP contribution in [0.25, 0.3) is 0 Å². The van der Waals surface area contributed by atoms with E-state index in [-0.39, 0.29) is 0 Å². The Morgan fingerprint density at radius 1 is 1.33 bits per heavy atom. The van der Waals surface area contributed by atoms with Gasteiger partial charge in [0.05, 0.1) is 12.2 Å². The summed E-state index contributed by atoms with van der Waals surface area (Å²) in [6.07, 6.45) is -7.36. The van der Waals surface area contributed by atoms with Crippen molar-refractivity contribution in [2.24, 2.45) is 0 Å². The quantitative estimate of drug-likeness (QED) is 0.787. The minimum absolute atomic E-state index is 0.299. The first kappa shape index (κ1) is 11.8. The lowest BCUT2D eigenvalue weighted by Crippen LogP contribution is -2.11. The molecule has 0 amide bonds. The van der Waals surface area contributed by atoms with Gasteiger partial charge in [0.1, 0.15) is 5.69 Å². The summed E-state index contributed by atoms with van der Waals surface area (Å²) in [4.78, 5) is 2.97. The van der Waals surface area contributed by atoms with Gasteiger partial charge in [-0.05, 0) is 11.6 Å². The number of alkyl halides is 5. The van der Waals surface area contributed by atoms with Crippen LogP contribution >= 0.6 is 0 Å². The van der Waals surface area contributed by atoms with E-state index in [9.17, 15) is 22.0 Å². The highest BCUT2D eigenvalue weighted by atomic mass is 19.4. The Kier molecular flexibility index (Phi) is 3.23. The summed E-state index contributed by atoms with van der Waals surface area (Å²) in [5.41, 5.74) is -2.59. The molecule has 15 heavy (non-hydrogen) atoms. The molecule has 0 fully saturated rings. The summed E-state index contributed by atoms with van der Waals surface area (Å²) < 4.78 is 60.9. The largest absolute Gasteiger partial charge is 0.418 e. The van der Waals surface area contributed by atoms with Crippen molar-refractivity contribution in [3.8, 4) is 0 Å². The van der Waals surface area contributed by atoms with Gasteiger partial charge < -0.3 is 5.11 Å². The van der Waals surface area contributed by atoms with Crippen molar-refractivity contribution < 1.29 is 27.1 Å². The third-order valence-corrected chi connectivity index (χ3v) is 1.71. The fourth-order valence-corrected chi connectivity index (χ4v) is 1.02. The van der Waals surface area contributed by atoms with Crippen LogP contribution in [0, 0.1) is 0 Å². The van der Waals surface area contributed by atoms with E-state index in [0.29, 0.717) is 12.3 Å². The summed E-state index contributed by atoms with van der Waals surface area (Å²) in [6, 6.07) is 0.549. The zero-order valence-electron chi connectivity index (χ0n) is 7.22. The molecule has 1 aromatic rings. The van der Waals surface area contributed by atoms with Crippen molar-refractivity contribution in [2.45, 2.75) is 19.2 Å². The van der Waals surface area contributed by atoms with E-state index in [4.69, 9.17) is 5.11 Å². The molecule has 0 radical (unpaired) electrons. The fourth-order valence-electron chi connectivity index (χ4n) is 1.02. The van der Waals surface area contributed by atoms with E-state index < -0.39 is 36.0 Å². The number of hydrogen-bond donors (Lipinski definition) is 1. The molecule has 0 unspecified atom stereocenters. The second kappa shape index (κ2) is 4.09. The maximum atomic E-state index is 12.2. The summed E-state index contributed by atoms with van der Waals surface area (Å²) >= 11 is 0. The summed E-state index contributed by atoms with van der Waals surface area (Å²) in [7, 11) is 0. The van der Waals surface area contributed by atoms with Crippen LogP contribution in [-0.4, -0.2) is 10.1 Å². The van der Waals surface area contributed by atoms with Crippen LogP contribution in [0.3, 0.4) is 0 Å². The Bertz CT molecular complexity index is 349. The average molecular weight is 227 g/mol. The third-order valence-electron chi connectivity index (χ3n) is 1.71. The van der Waals surface area contributed by atoms with Crippen molar-refractivity contribution in [1.29, 1.82) is 0 Å². The Labute approximate surface area is 81.4 Å². The lowest BCUT2D eigenvalue weighted by molar-refractivity contribution is -0.139. The minimum atomic E-state index is -4.70. The van der Waals surface area contributed by atoms with E-state index in [1.54, 1.807) is 0 Å². The average Bonchev–Trinajstić information content (AvgIpc) is 2.15. The van der Waals surface area contributed by atoms with E-state index in [1.807, 2.05) is 0 Å². The fraction of sp³-hybridized carbons (Fsp3) is 0.375. The van der Waals surface area contributed by atoms with Crippen LogP contribution in [-0.2, 0) is 12.8 Å². The molecule has 1 rings (SSSR count). The maximum absolute atomic E-state index is 12.2. The van der Waals surface area contributed by atoms with Gasteiger partial charge >= 0.3 is 6.18 Å². The number of rotatable bonds is 2. The number of aliphatic hydroxyl groups is 1. The van der Waals surface area contributed by atoms with Crippen LogP contribution < -0.4 is 0 Å². The first-order valence-electron chi connectivity index (χ1n) is 3.81. The van der Waals surface area contributed by atoms with Crippen LogP contribution in [0.5, 0.6) is 0 Å². The van der Waals surface area contributed by atoms with Gasteiger partial charge in [0.2, 0.25) is 0 Å². The Balaban J connectivity index is 3.21. The summed E-state index contributed by atoms with van der Waals surface area (Å²) in [5, 5.41) is 8.62. The third kappa shape index (κ3) is 2.62. The zero-order valence-corrected chi connectivity index (χ0v) is 7.22. The first-order valence-corrected chi connectivity index (χ1v) is 3.81. The van der Waals surface area contributed by atoms with Gasteiger partial charge in [0, 0.05) is 6.20 Å². The van der Waals surface area contributed by atoms with Gasteiger partial charge in [-0.3, -0.25) is 4.98 Å². The first-order chi connectivity index (χ1) is 6.86. The molecule has 1 N–H and O–H groups in total. The monoisotopic (exact) mass is 227 g/mol. The van der Waals surface area contributed by atoms with Crippen molar-refractivity contribution >= 4 is 0 Å². The molecule has 0 aliphatic rings. The molecule has 0 aromatic carbocycles. The summed E-state index contributed by atoms with van der Waals surface area (Å²) in [6.45, 7) is -0.961. The van der Waals surface area contributed by atoms with Gasteiger partial charge in [0.25, 0.3) is 6.43 Å². The lowest BCUT2D eigenvalue weighted by atomic mass is 10.1. The summed E-state index contributed by atoms with van der Waals surface area (Å²) in [5.74, 6) is 0. The molecule has 0 aliphatic heterocycles. The van der Waals surface area contributed by atoms with Crippen molar-refractivity contribution in [3.63, 3.8) is 0 Å². The molecular weight excluding hydrogens is 221 g/mol. The van der Waals surface area contributed by atoms with Crippen molar-refractivity contribution in [3.05, 3.63) is 29.1 Å². The molecule has 0 atom stereocenters. The van der Waals surface area contributed by atoms with Crippen LogP contribution in [0.15, 0.2) is 12.3 Å². The molecule has 2 nitrogen and oxygen atoms in total. The maximum Gasteiger partial charge on any atom is 0.418 e. The standard InChI is InChI=1S/C8H6F5NO/c9-7(10)6-1-4(3-15)5(2-14-6)8(11,12)13/h1-2,7,15H,3H2. The van der Waals surface area contributed by atoms with E-state index >= 15 is 0 Å². The molecule has 0 saturated heterocycles. The molecule has 0 saturated carbocycles. The molecule has 1 heterocycles. The second-order valence-corrected chi connectivity index (χ2v) is 2.72. The number of pyridine rings is 1. The Morgan fingerprint density at radius 3 is 2.33 bits per heavy atom. The van der Waals surface area contributed by atoms with E-state index in [0.717, 1.165) is 0 Å². The van der Waals surface area contributed by atoms with Crippen LogP contribution in [0.4, 0.5) is 22.0 Å². The van der Waals surface area contributed by atoms with Gasteiger partial charge in [0.15, 0.2) is 0 Å². The molecule has 1 aromatic heterocycles. The molecule has 0 spiro atoms. The van der Waals surface area contributed by atoms with Crippen molar-refractivity contribution in [2.75, 3.05) is 0 Å². The Morgan fingerprint density at radius 2 is 1.93 bits per heavy atom. The predicted molar refractivity (Wildman–Crippen MR) is 40.1 cm³/mol. The van der Waals surface area contributed by atoms with Gasteiger partial charge in [-0.15, -0.1) is 0 Å². The number of aromatic nitrogens is 1. The molecule has 0 bridgehead atoms. The smallest absolute Gasteiger partial charge is 0.392 e. The predicted octanol–water partition coefficient (Wildman–Crippen LogP) is 2.53. The number of hydrogen-bond acceptors (Lipinski definition) is 2. The molecule has 84 valence electrons. The molecule has 0 aliphatic carbocycles. The molecule has 7 heteroatoms. The highest BCUT2D eigenvalue weighted by molar-refractivity contribution is 5.28. The van der Waals surface area contributed by atoms with Gasteiger partial charge in [-0.2, -0.15) is 13.2 Å². The van der Waals surface area contributed by atoms with Gasteiger partial charge in [-0.25, -0.2) is 8.78 Å². The zero-order chi connectivity index (χ0) is 11.6. The van der Waals surface area contributed by atoms with Gasteiger partial charge in [-0.1, -0.05) is 0 Å². The van der Waals surface area contributed by atoms with Crippen LogP contribution in [0.1, 0.15) is 23.2 Å². The van der Waals surface area contributed by atoms with Crippen molar-refractivity contribution in [1.82, 2.24) is 4.98 Å². The number of nitrogens with zero attached hydrogens (tertiary/aromatic N) is 1. The number of aliphatic hydroxyl groups excluding tert-OH is 1. The number of halogens is 5. The Hall–Kier alpha value is -1.24. The van der Waals surface area contributed by atoms with Crippen LogP contribution in [0.2, 0.25) is 0 Å². The normalized spacial score (nSPS) is 12.2. The van der Waals surface area contributed by atoms with E-state index in [1.165, 1.54) is 0 Å². The second-order valence-electron chi connectivity index (χ2n) is 2.72. The molecular formula is C8H6F5NO. The minimum Gasteiger partial charge on any atom is -0.392 e. The SMILES string of the molecule is OCc1cc(C(F)F)ncc1C(F)(F)F. The van der Waals surface area contributed by atoms with E-state index in [2.05, 4.69) is 4.98 Å². The lowest BCUT2D eigenvalue weighted by Gasteiger charge is -2.11.